The second kappa shape index (κ2) is 10.3. The van der Waals surface area contributed by atoms with Crippen LogP contribution in [0.25, 0.3) is 0 Å². The number of hydrogen-bond acceptors (Lipinski definition) is 4. The minimum Gasteiger partial charge on any atom is -0.343 e. The maximum absolute atomic E-state index is 14.2. The summed E-state index contributed by atoms with van der Waals surface area (Å²) >= 11 is 12.4. The van der Waals surface area contributed by atoms with Gasteiger partial charge in [-0.3, -0.25) is 13.9 Å². The summed E-state index contributed by atoms with van der Waals surface area (Å²) in [4.78, 5) is 27.4. The molecule has 7 nitrogen and oxygen atoms in total. The molecule has 1 spiro atoms. The number of nitrogens with zero attached hydrogens (tertiary/aromatic N) is 2. The van der Waals surface area contributed by atoms with Gasteiger partial charge in [-0.05, 0) is 91.8 Å². The summed E-state index contributed by atoms with van der Waals surface area (Å²) < 4.78 is 43.7. The van der Waals surface area contributed by atoms with Crippen LogP contribution in [0.4, 0.5) is 15.8 Å². The van der Waals surface area contributed by atoms with E-state index in [1.807, 2.05) is 0 Å². The van der Waals surface area contributed by atoms with Gasteiger partial charge in [0.15, 0.2) is 0 Å². The maximum Gasteiger partial charge on any atom is 0.264 e. The first-order valence-corrected chi connectivity index (χ1v) is 15.7. The molecule has 41 heavy (non-hydrogen) atoms. The van der Waals surface area contributed by atoms with Crippen molar-refractivity contribution in [1.29, 1.82) is 0 Å². The second-order valence-electron chi connectivity index (χ2n) is 11.0. The highest BCUT2D eigenvalue weighted by Gasteiger charge is 2.60. The van der Waals surface area contributed by atoms with Gasteiger partial charge in [-0.1, -0.05) is 29.3 Å². The average molecular weight is 617 g/mol. The molecule has 2 fully saturated rings. The normalized spacial score (nSPS) is 19.8. The quantitative estimate of drug-likeness (QED) is 0.367. The van der Waals surface area contributed by atoms with E-state index in [2.05, 4.69) is 5.32 Å². The van der Waals surface area contributed by atoms with Crippen LogP contribution in [-0.4, -0.2) is 44.3 Å². The fourth-order valence-electron chi connectivity index (χ4n) is 6.44. The summed E-state index contributed by atoms with van der Waals surface area (Å²) in [7, 11) is -4.07. The molecule has 1 unspecified atom stereocenters. The van der Waals surface area contributed by atoms with E-state index in [9.17, 15) is 22.4 Å². The number of rotatable bonds is 5. The van der Waals surface area contributed by atoms with E-state index < -0.39 is 27.2 Å². The lowest BCUT2D eigenvalue weighted by molar-refractivity contribution is -0.130. The van der Waals surface area contributed by atoms with E-state index in [1.165, 1.54) is 23.4 Å². The number of likely N-dealkylation sites (tertiary alicyclic amines) is 1. The number of benzene rings is 3. The van der Waals surface area contributed by atoms with Gasteiger partial charge in [0, 0.05) is 31.0 Å². The molecule has 0 bridgehead atoms. The molecule has 1 atom stereocenters. The average Bonchev–Trinajstić information content (AvgIpc) is 3.75. The van der Waals surface area contributed by atoms with Crippen molar-refractivity contribution in [1.82, 2.24) is 4.90 Å². The number of hydrogen-bond donors (Lipinski definition) is 1. The Morgan fingerprint density at radius 3 is 2.32 bits per heavy atom. The van der Waals surface area contributed by atoms with E-state index in [4.69, 9.17) is 23.2 Å². The highest BCUT2D eigenvalue weighted by atomic mass is 35.5. The third-order valence-corrected chi connectivity index (χ3v) is 11.2. The van der Waals surface area contributed by atoms with E-state index in [1.54, 1.807) is 41.3 Å². The van der Waals surface area contributed by atoms with Crippen molar-refractivity contribution in [2.24, 2.45) is 5.92 Å². The molecule has 11 heteroatoms. The van der Waals surface area contributed by atoms with Gasteiger partial charge in [-0.2, -0.15) is 0 Å². The molecular formula is C30H28Cl2FN3O4S. The Bertz CT molecular complexity index is 1650. The first-order valence-electron chi connectivity index (χ1n) is 13.5. The molecular weight excluding hydrogens is 588 g/mol. The van der Waals surface area contributed by atoms with Crippen molar-refractivity contribution >= 4 is 56.4 Å². The molecule has 214 valence electrons. The predicted molar refractivity (Wildman–Crippen MR) is 157 cm³/mol. The van der Waals surface area contributed by atoms with E-state index in [0.717, 1.165) is 30.5 Å². The summed E-state index contributed by atoms with van der Waals surface area (Å²) in [5.41, 5.74) is 1.40. The van der Waals surface area contributed by atoms with Crippen molar-refractivity contribution in [3.63, 3.8) is 0 Å². The number of nitrogens with one attached hydrogen (secondary N) is 1. The lowest BCUT2D eigenvalue weighted by Gasteiger charge is -2.45. The SMILES string of the molecule is CC(=O)N1CCC2(CC1)c1cc(C(=O)Nc3cccc(Cl)c3Cl)ccc1N(S(=O)(=O)c1ccc(F)cc1)C2C1CC1. The summed E-state index contributed by atoms with van der Waals surface area (Å²) in [5.74, 6) is -0.823. The van der Waals surface area contributed by atoms with E-state index >= 15 is 0 Å². The Morgan fingerprint density at radius 1 is 1.00 bits per heavy atom. The maximum atomic E-state index is 14.2. The third-order valence-electron chi connectivity index (χ3n) is 8.59. The van der Waals surface area contributed by atoms with Gasteiger partial charge in [-0.25, -0.2) is 12.8 Å². The molecule has 2 amide bonds. The minimum atomic E-state index is -4.07. The van der Waals surface area contributed by atoms with E-state index in [0.29, 0.717) is 47.9 Å². The molecule has 0 aromatic heterocycles. The standard InChI is InChI=1S/C30H28Cl2FN3O4S/c1-18(37)35-15-13-30(14-16-35)23-17-20(29(38)34-25-4-2-3-24(31)27(25)32)7-12-26(23)36(28(30)19-5-6-19)41(39,40)22-10-8-21(33)9-11-22/h2-4,7-12,17,19,28H,5-6,13-16H2,1H3,(H,34,38). The minimum absolute atomic E-state index is 0.00568. The molecule has 6 rings (SSSR count). The first kappa shape index (κ1) is 28.0. The lowest BCUT2D eigenvalue weighted by Crippen LogP contribution is -2.54. The topological polar surface area (TPSA) is 86.8 Å². The van der Waals surface area contributed by atoms with E-state index in [-0.39, 0.29) is 27.8 Å². The predicted octanol–water partition coefficient (Wildman–Crippen LogP) is 6.25. The highest BCUT2D eigenvalue weighted by Crippen LogP contribution is 2.59. The Hall–Kier alpha value is -3.14. The molecule has 3 aromatic carbocycles. The van der Waals surface area contributed by atoms with Gasteiger partial charge in [-0.15, -0.1) is 0 Å². The zero-order chi connectivity index (χ0) is 29.1. The summed E-state index contributed by atoms with van der Waals surface area (Å²) in [6.45, 7) is 2.50. The molecule has 1 N–H and O–H groups in total. The smallest absolute Gasteiger partial charge is 0.264 e. The van der Waals surface area contributed by atoms with Crippen LogP contribution in [0.15, 0.2) is 65.6 Å². The highest BCUT2D eigenvalue weighted by molar-refractivity contribution is 7.92. The van der Waals surface area contributed by atoms with Crippen LogP contribution in [-0.2, 0) is 20.2 Å². The monoisotopic (exact) mass is 615 g/mol. The molecule has 1 aliphatic carbocycles. The first-order chi connectivity index (χ1) is 19.5. The number of piperidine rings is 1. The van der Waals surface area contributed by atoms with Crippen LogP contribution in [0.1, 0.15) is 48.5 Å². The molecule has 0 radical (unpaired) electrons. The van der Waals surface area contributed by atoms with Crippen molar-refractivity contribution in [2.75, 3.05) is 22.7 Å². The van der Waals surface area contributed by atoms with Gasteiger partial charge in [0.2, 0.25) is 5.91 Å². The number of anilines is 2. The lowest BCUT2D eigenvalue weighted by atomic mass is 9.68. The summed E-state index contributed by atoms with van der Waals surface area (Å²) in [6, 6.07) is 14.5. The number of halogens is 3. The summed E-state index contributed by atoms with van der Waals surface area (Å²) in [6.07, 6.45) is 2.88. The van der Waals surface area contributed by atoms with Gasteiger partial charge in [0.25, 0.3) is 15.9 Å². The summed E-state index contributed by atoms with van der Waals surface area (Å²) in [5, 5.41) is 3.35. The van der Waals surface area contributed by atoms with Crippen LogP contribution in [0.3, 0.4) is 0 Å². The number of carbonyl (C=O) groups is 2. The van der Waals surface area contributed by atoms with Crippen LogP contribution >= 0.6 is 23.2 Å². The van der Waals surface area contributed by atoms with Crippen molar-refractivity contribution in [3.05, 3.63) is 87.7 Å². The third kappa shape index (κ3) is 4.77. The zero-order valence-corrected chi connectivity index (χ0v) is 24.6. The Morgan fingerprint density at radius 2 is 1.68 bits per heavy atom. The molecule has 3 aliphatic rings. The van der Waals surface area contributed by atoms with Crippen LogP contribution in [0, 0.1) is 11.7 Å². The fourth-order valence-corrected chi connectivity index (χ4v) is 8.58. The van der Waals surface area contributed by atoms with Gasteiger partial charge in [0.05, 0.1) is 32.4 Å². The van der Waals surface area contributed by atoms with Crippen molar-refractivity contribution < 1.29 is 22.4 Å². The van der Waals surface area contributed by atoms with Crippen molar-refractivity contribution in [3.8, 4) is 0 Å². The van der Waals surface area contributed by atoms with Crippen LogP contribution in [0.2, 0.25) is 10.0 Å². The molecule has 3 aromatic rings. The molecule has 1 saturated heterocycles. The number of amides is 2. The number of carbonyl (C=O) groups excluding carboxylic acids is 2. The van der Waals surface area contributed by atoms with Crippen LogP contribution < -0.4 is 9.62 Å². The zero-order valence-electron chi connectivity index (χ0n) is 22.2. The van der Waals surface area contributed by atoms with Gasteiger partial charge >= 0.3 is 0 Å². The number of fused-ring (bicyclic) bond motifs is 2. The van der Waals surface area contributed by atoms with Crippen molar-refractivity contribution in [2.45, 2.75) is 49.0 Å². The van der Waals surface area contributed by atoms with Gasteiger partial charge < -0.3 is 10.2 Å². The Labute approximate surface area is 248 Å². The van der Waals surface area contributed by atoms with Gasteiger partial charge in [0.1, 0.15) is 5.82 Å². The number of sulfonamides is 1. The second-order valence-corrected chi connectivity index (χ2v) is 13.6. The fraction of sp³-hybridized carbons (Fsp3) is 0.333. The largest absolute Gasteiger partial charge is 0.343 e. The Balaban J connectivity index is 1.46. The molecule has 2 heterocycles. The molecule has 1 saturated carbocycles. The molecule has 2 aliphatic heterocycles. The van der Waals surface area contributed by atoms with Crippen LogP contribution in [0.5, 0.6) is 0 Å². The Kier molecular flexibility index (Phi) is 7.03.